The van der Waals surface area contributed by atoms with Crippen LogP contribution in [0.15, 0.2) is 28.9 Å². The minimum Gasteiger partial charge on any atom is -0.463 e. The number of aromatic nitrogens is 3. The topological polar surface area (TPSA) is 96.5 Å². The SMILES string of the molecule is CCCNC(=O)CN1CCN(C(=O)c2cc(-c3ccco3)nc3c2c(C)nn3C)CC1. The van der Waals surface area contributed by atoms with E-state index >= 15 is 0 Å². The van der Waals surface area contributed by atoms with Crippen LogP contribution in [0.5, 0.6) is 0 Å². The van der Waals surface area contributed by atoms with Gasteiger partial charge in [0.15, 0.2) is 11.4 Å². The predicted octanol–water partition coefficient (Wildman–Crippen LogP) is 1.82. The molecule has 0 radical (unpaired) electrons. The van der Waals surface area contributed by atoms with Gasteiger partial charge in [0.1, 0.15) is 5.69 Å². The van der Waals surface area contributed by atoms with Crippen LogP contribution < -0.4 is 5.32 Å². The maximum atomic E-state index is 13.5. The Labute approximate surface area is 181 Å². The fourth-order valence-corrected chi connectivity index (χ4v) is 3.97. The van der Waals surface area contributed by atoms with Crippen molar-refractivity contribution in [2.24, 2.45) is 7.05 Å². The van der Waals surface area contributed by atoms with Crippen molar-refractivity contribution in [3.8, 4) is 11.5 Å². The van der Waals surface area contributed by atoms with Gasteiger partial charge in [-0.1, -0.05) is 6.92 Å². The lowest BCUT2D eigenvalue weighted by molar-refractivity contribution is -0.122. The number of furan rings is 1. The van der Waals surface area contributed by atoms with Gasteiger partial charge in [0.05, 0.1) is 29.5 Å². The van der Waals surface area contributed by atoms with Gasteiger partial charge in [-0.25, -0.2) is 4.98 Å². The fraction of sp³-hybridized carbons (Fsp3) is 0.455. The van der Waals surface area contributed by atoms with Gasteiger partial charge in [0.2, 0.25) is 5.91 Å². The van der Waals surface area contributed by atoms with E-state index in [9.17, 15) is 9.59 Å². The van der Waals surface area contributed by atoms with Crippen LogP contribution in [0.4, 0.5) is 0 Å². The predicted molar refractivity (Wildman–Crippen MR) is 117 cm³/mol. The molecule has 4 heterocycles. The molecule has 9 nitrogen and oxygen atoms in total. The lowest BCUT2D eigenvalue weighted by Crippen LogP contribution is -2.51. The normalized spacial score (nSPS) is 14.9. The summed E-state index contributed by atoms with van der Waals surface area (Å²) in [6.07, 6.45) is 2.51. The Hall–Kier alpha value is -3.20. The first-order valence-electron chi connectivity index (χ1n) is 10.6. The molecule has 0 spiro atoms. The number of aryl methyl sites for hydroxylation is 2. The smallest absolute Gasteiger partial charge is 0.254 e. The number of pyridine rings is 1. The quantitative estimate of drug-likeness (QED) is 0.648. The van der Waals surface area contributed by atoms with Crippen molar-refractivity contribution in [1.29, 1.82) is 0 Å². The Morgan fingerprint density at radius 2 is 2.00 bits per heavy atom. The zero-order valence-electron chi connectivity index (χ0n) is 18.2. The van der Waals surface area contributed by atoms with E-state index in [4.69, 9.17) is 4.42 Å². The van der Waals surface area contributed by atoms with Gasteiger partial charge in [0.25, 0.3) is 5.91 Å². The molecule has 3 aromatic rings. The average Bonchev–Trinajstić information content (AvgIpc) is 3.40. The molecular formula is C22H28N6O3. The molecule has 1 aliphatic heterocycles. The number of amides is 2. The highest BCUT2D eigenvalue weighted by Crippen LogP contribution is 2.28. The highest BCUT2D eigenvalue weighted by atomic mass is 16.3. The van der Waals surface area contributed by atoms with Gasteiger partial charge in [-0.05, 0) is 31.5 Å². The molecule has 1 fully saturated rings. The summed E-state index contributed by atoms with van der Waals surface area (Å²) in [7, 11) is 1.82. The number of hydrogen-bond acceptors (Lipinski definition) is 6. The summed E-state index contributed by atoms with van der Waals surface area (Å²) in [5, 5.41) is 8.14. The average molecular weight is 425 g/mol. The summed E-state index contributed by atoms with van der Waals surface area (Å²) < 4.78 is 7.21. The van der Waals surface area contributed by atoms with E-state index in [0.717, 1.165) is 17.5 Å². The molecule has 0 aliphatic carbocycles. The molecular weight excluding hydrogens is 396 g/mol. The maximum absolute atomic E-state index is 13.5. The van der Waals surface area contributed by atoms with Crippen LogP contribution in [0.25, 0.3) is 22.5 Å². The standard InChI is InChI=1S/C22H28N6O3/c1-4-7-23-19(29)14-27-8-10-28(11-9-27)22(30)16-13-17(18-6-5-12-31-18)24-21-20(16)15(2)25-26(21)3/h5-6,12-13H,4,7-11,14H2,1-3H3,(H,23,29). The van der Waals surface area contributed by atoms with E-state index in [2.05, 4.69) is 20.3 Å². The minimum atomic E-state index is -0.0496. The van der Waals surface area contributed by atoms with E-state index in [1.165, 1.54) is 0 Å². The number of nitrogens with one attached hydrogen (secondary N) is 1. The third-order valence-corrected chi connectivity index (χ3v) is 5.57. The van der Waals surface area contributed by atoms with Crippen LogP contribution in [0.1, 0.15) is 29.4 Å². The number of rotatable bonds is 6. The van der Waals surface area contributed by atoms with Crippen LogP contribution >= 0.6 is 0 Å². The molecule has 9 heteroatoms. The number of carbonyl (C=O) groups excluding carboxylic acids is 2. The Morgan fingerprint density at radius 1 is 1.23 bits per heavy atom. The second-order valence-corrected chi connectivity index (χ2v) is 7.86. The molecule has 0 aromatic carbocycles. The van der Waals surface area contributed by atoms with E-state index in [0.29, 0.717) is 61.9 Å². The molecule has 3 aromatic heterocycles. The summed E-state index contributed by atoms with van der Waals surface area (Å²) in [5.41, 5.74) is 2.61. The molecule has 2 amide bonds. The molecule has 1 saturated heterocycles. The molecule has 0 atom stereocenters. The van der Waals surface area contributed by atoms with Crippen LogP contribution in [0, 0.1) is 6.92 Å². The number of carbonyl (C=O) groups is 2. The molecule has 0 saturated carbocycles. The van der Waals surface area contributed by atoms with Crippen LogP contribution in [0.3, 0.4) is 0 Å². The summed E-state index contributed by atoms with van der Waals surface area (Å²) in [5.74, 6) is 0.593. The van der Waals surface area contributed by atoms with Gasteiger partial charge in [-0.3, -0.25) is 19.2 Å². The maximum Gasteiger partial charge on any atom is 0.254 e. The van der Waals surface area contributed by atoms with Crippen molar-refractivity contribution in [3.63, 3.8) is 0 Å². The van der Waals surface area contributed by atoms with Crippen LogP contribution in [-0.4, -0.2) is 75.6 Å². The summed E-state index contributed by atoms with van der Waals surface area (Å²) in [6.45, 7) is 7.44. The Kier molecular flexibility index (Phi) is 6.03. The van der Waals surface area contributed by atoms with Gasteiger partial charge in [-0.15, -0.1) is 0 Å². The molecule has 31 heavy (non-hydrogen) atoms. The number of nitrogens with zero attached hydrogens (tertiary/aromatic N) is 5. The second kappa shape index (κ2) is 8.89. The Balaban J connectivity index is 1.55. The van der Waals surface area contributed by atoms with Crippen molar-refractivity contribution >= 4 is 22.8 Å². The summed E-state index contributed by atoms with van der Waals surface area (Å²) in [4.78, 5) is 34.1. The third-order valence-electron chi connectivity index (χ3n) is 5.57. The van der Waals surface area contributed by atoms with Gasteiger partial charge < -0.3 is 14.6 Å². The van der Waals surface area contributed by atoms with Gasteiger partial charge in [-0.2, -0.15) is 5.10 Å². The van der Waals surface area contributed by atoms with Gasteiger partial charge >= 0.3 is 0 Å². The van der Waals surface area contributed by atoms with E-state index in [1.807, 2.05) is 31.9 Å². The minimum absolute atomic E-state index is 0.0338. The number of fused-ring (bicyclic) bond motifs is 1. The van der Waals surface area contributed by atoms with Crippen molar-refractivity contribution in [2.45, 2.75) is 20.3 Å². The molecule has 0 unspecified atom stereocenters. The van der Waals surface area contributed by atoms with Crippen molar-refractivity contribution in [2.75, 3.05) is 39.3 Å². The summed E-state index contributed by atoms with van der Waals surface area (Å²) in [6, 6.07) is 5.42. The van der Waals surface area contributed by atoms with Crippen molar-refractivity contribution in [3.05, 3.63) is 35.7 Å². The first-order valence-corrected chi connectivity index (χ1v) is 10.6. The Bertz CT molecular complexity index is 1080. The zero-order chi connectivity index (χ0) is 22.0. The number of piperazine rings is 1. The first kappa shape index (κ1) is 21.0. The Morgan fingerprint density at radius 3 is 2.68 bits per heavy atom. The van der Waals surface area contributed by atoms with E-state index in [-0.39, 0.29) is 11.8 Å². The molecule has 1 N–H and O–H groups in total. The van der Waals surface area contributed by atoms with Gasteiger partial charge in [0, 0.05) is 39.8 Å². The second-order valence-electron chi connectivity index (χ2n) is 7.86. The lowest BCUT2D eigenvalue weighted by Gasteiger charge is -2.34. The zero-order valence-corrected chi connectivity index (χ0v) is 18.2. The third kappa shape index (κ3) is 4.32. The van der Waals surface area contributed by atoms with E-state index < -0.39 is 0 Å². The highest BCUT2D eigenvalue weighted by molar-refractivity contribution is 6.07. The first-order chi connectivity index (χ1) is 15.0. The fourth-order valence-electron chi connectivity index (χ4n) is 3.97. The lowest BCUT2D eigenvalue weighted by atomic mass is 10.1. The van der Waals surface area contributed by atoms with Crippen LogP contribution in [-0.2, 0) is 11.8 Å². The van der Waals surface area contributed by atoms with Crippen molar-refractivity contribution < 1.29 is 14.0 Å². The largest absolute Gasteiger partial charge is 0.463 e. The summed E-state index contributed by atoms with van der Waals surface area (Å²) >= 11 is 0. The van der Waals surface area contributed by atoms with E-state index in [1.54, 1.807) is 23.1 Å². The molecule has 164 valence electrons. The van der Waals surface area contributed by atoms with Crippen LogP contribution in [0.2, 0.25) is 0 Å². The monoisotopic (exact) mass is 424 g/mol. The molecule has 4 rings (SSSR count). The molecule has 0 bridgehead atoms. The molecule has 1 aliphatic rings. The van der Waals surface area contributed by atoms with Crippen molar-refractivity contribution in [1.82, 2.24) is 29.9 Å². The number of hydrogen-bond donors (Lipinski definition) is 1. The highest BCUT2D eigenvalue weighted by Gasteiger charge is 2.27.